The van der Waals surface area contributed by atoms with Gasteiger partial charge in [0.2, 0.25) is 11.8 Å². The number of hydrogen-bond acceptors (Lipinski definition) is 7. The van der Waals surface area contributed by atoms with Crippen LogP contribution in [0.4, 0.5) is 5.69 Å². The number of hydrogen-bond donors (Lipinski definition) is 1. The largest absolute Gasteiger partial charge is 0.456 e. The predicted octanol–water partition coefficient (Wildman–Crippen LogP) is 1.89. The molecule has 3 rings (SSSR count). The number of aromatic nitrogens is 2. The summed E-state index contributed by atoms with van der Waals surface area (Å²) in [6.07, 6.45) is 0. The molecule has 148 valence electrons. The number of anilines is 1. The van der Waals surface area contributed by atoms with E-state index in [9.17, 15) is 19.2 Å². The summed E-state index contributed by atoms with van der Waals surface area (Å²) in [5.41, 5.74) is 1.46. The van der Waals surface area contributed by atoms with E-state index in [1.165, 1.54) is 19.1 Å². The minimum absolute atomic E-state index is 0.0822. The normalized spacial score (nSPS) is 10.4. The molecule has 1 heterocycles. The van der Waals surface area contributed by atoms with E-state index in [-0.39, 0.29) is 11.8 Å². The molecule has 3 aromatic rings. The third-order valence-corrected chi connectivity index (χ3v) is 3.80. The molecule has 0 spiro atoms. The summed E-state index contributed by atoms with van der Waals surface area (Å²) in [5.74, 6) is -2.18. The zero-order valence-corrected chi connectivity index (χ0v) is 15.5. The number of nitrogens with zero attached hydrogens (tertiary/aromatic N) is 2. The van der Waals surface area contributed by atoms with E-state index in [2.05, 4.69) is 10.4 Å². The number of nitrogens with one attached hydrogen (secondary N) is 1. The van der Waals surface area contributed by atoms with Gasteiger partial charge >= 0.3 is 11.7 Å². The first-order valence-corrected chi connectivity index (χ1v) is 8.62. The number of carbonyl (C=O) groups excluding carboxylic acids is 3. The summed E-state index contributed by atoms with van der Waals surface area (Å²) in [4.78, 5) is 46.9. The van der Waals surface area contributed by atoms with E-state index in [0.29, 0.717) is 16.8 Å². The van der Waals surface area contributed by atoms with Gasteiger partial charge in [0.15, 0.2) is 12.4 Å². The van der Waals surface area contributed by atoms with Crippen molar-refractivity contribution in [3.8, 4) is 11.5 Å². The molecule has 0 saturated carbocycles. The first-order valence-electron chi connectivity index (χ1n) is 8.62. The Morgan fingerprint density at radius 2 is 1.76 bits per heavy atom. The lowest BCUT2D eigenvalue weighted by Gasteiger charge is -2.05. The second-order valence-corrected chi connectivity index (χ2v) is 6.04. The number of Topliss-reactive ketones (excluding diaryl/α,β-unsaturated/α-hetero) is 1. The quantitative estimate of drug-likeness (QED) is 0.479. The molecule has 1 N–H and O–H groups in total. The maximum Gasteiger partial charge on any atom is 0.437 e. The van der Waals surface area contributed by atoms with Crippen LogP contribution in [0.25, 0.3) is 11.5 Å². The second-order valence-electron chi connectivity index (χ2n) is 6.04. The number of amides is 1. The molecule has 29 heavy (non-hydrogen) atoms. The van der Waals surface area contributed by atoms with Gasteiger partial charge in [0.05, 0.1) is 0 Å². The van der Waals surface area contributed by atoms with Crippen LogP contribution in [-0.2, 0) is 20.9 Å². The first kappa shape index (κ1) is 19.7. The van der Waals surface area contributed by atoms with Crippen molar-refractivity contribution in [1.29, 1.82) is 0 Å². The van der Waals surface area contributed by atoms with Crippen LogP contribution in [-0.4, -0.2) is 34.0 Å². The smallest absolute Gasteiger partial charge is 0.437 e. The van der Waals surface area contributed by atoms with E-state index >= 15 is 0 Å². The van der Waals surface area contributed by atoms with Gasteiger partial charge in [-0.05, 0) is 36.4 Å². The number of esters is 1. The molecule has 9 nitrogen and oxygen atoms in total. The van der Waals surface area contributed by atoms with Crippen LogP contribution < -0.4 is 11.1 Å². The van der Waals surface area contributed by atoms with Gasteiger partial charge in [-0.15, -0.1) is 5.10 Å². The van der Waals surface area contributed by atoms with Crippen LogP contribution in [0.1, 0.15) is 17.3 Å². The molecule has 9 heteroatoms. The average Bonchev–Trinajstić information content (AvgIpc) is 3.07. The monoisotopic (exact) mass is 395 g/mol. The van der Waals surface area contributed by atoms with Crippen LogP contribution >= 0.6 is 0 Å². The Balaban J connectivity index is 1.56. The number of carbonyl (C=O) groups is 3. The predicted molar refractivity (Wildman–Crippen MR) is 102 cm³/mol. The van der Waals surface area contributed by atoms with Crippen molar-refractivity contribution in [3.63, 3.8) is 0 Å². The SMILES string of the molecule is CC(=O)Nc1ccc(C(=O)COC(=O)Cn2nc(-c3ccccc3)oc2=O)cc1. The average molecular weight is 395 g/mol. The van der Waals surface area contributed by atoms with Crippen molar-refractivity contribution < 1.29 is 23.5 Å². The van der Waals surface area contributed by atoms with Gasteiger partial charge in [-0.2, -0.15) is 4.68 Å². The molecule has 0 aliphatic rings. The molecule has 0 radical (unpaired) electrons. The molecule has 1 aromatic heterocycles. The van der Waals surface area contributed by atoms with E-state index in [1.807, 2.05) is 0 Å². The van der Waals surface area contributed by atoms with Crippen LogP contribution in [0.2, 0.25) is 0 Å². The standard InChI is InChI=1S/C20H17N3O6/c1-13(24)21-16-9-7-14(8-10-16)17(25)12-28-18(26)11-23-20(27)29-19(22-23)15-5-3-2-4-6-15/h2-10H,11-12H2,1H3,(H,21,24). The fraction of sp³-hybridized carbons (Fsp3) is 0.150. The molecule has 0 fully saturated rings. The third-order valence-electron chi connectivity index (χ3n) is 3.80. The molecule has 0 atom stereocenters. The maximum atomic E-state index is 12.1. The highest BCUT2D eigenvalue weighted by Crippen LogP contribution is 2.14. The van der Waals surface area contributed by atoms with Crippen molar-refractivity contribution in [1.82, 2.24) is 9.78 Å². The second kappa shape index (κ2) is 8.79. The Kier molecular flexibility index (Phi) is 5.98. The lowest BCUT2D eigenvalue weighted by Crippen LogP contribution is -2.24. The third kappa shape index (κ3) is 5.25. The van der Waals surface area contributed by atoms with Crippen LogP contribution in [0.15, 0.2) is 63.8 Å². The van der Waals surface area contributed by atoms with Gasteiger partial charge in [-0.25, -0.2) is 4.79 Å². The summed E-state index contributed by atoms with van der Waals surface area (Å²) in [6, 6.07) is 14.9. The number of rotatable bonds is 7. The van der Waals surface area contributed by atoms with E-state index in [1.54, 1.807) is 42.5 Å². The lowest BCUT2D eigenvalue weighted by atomic mass is 10.1. The lowest BCUT2D eigenvalue weighted by molar-refractivity contribution is -0.143. The van der Waals surface area contributed by atoms with Crippen molar-refractivity contribution in [2.75, 3.05) is 11.9 Å². The van der Waals surface area contributed by atoms with Crippen LogP contribution in [0.3, 0.4) is 0 Å². The van der Waals surface area contributed by atoms with Gasteiger partial charge in [-0.1, -0.05) is 18.2 Å². The van der Waals surface area contributed by atoms with Crippen LogP contribution in [0.5, 0.6) is 0 Å². The number of ether oxygens (including phenoxy) is 1. The van der Waals surface area contributed by atoms with Crippen molar-refractivity contribution in [3.05, 3.63) is 70.7 Å². The van der Waals surface area contributed by atoms with Gasteiger partial charge < -0.3 is 14.5 Å². The van der Waals surface area contributed by atoms with Gasteiger partial charge in [0.25, 0.3) is 0 Å². The Labute approximate surface area is 164 Å². The van der Waals surface area contributed by atoms with Crippen molar-refractivity contribution in [2.24, 2.45) is 0 Å². The molecular weight excluding hydrogens is 378 g/mol. The zero-order valence-electron chi connectivity index (χ0n) is 15.5. The molecular formula is C20H17N3O6. The first-order chi connectivity index (χ1) is 13.9. The molecule has 0 bridgehead atoms. The Morgan fingerprint density at radius 1 is 1.07 bits per heavy atom. The number of benzene rings is 2. The van der Waals surface area contributed by atoms with Gasteiger partial charge in [0, 0.05) is 23.7 Å². The Hall–Kier alpha value is -4.01. The molecule has 0 unspecified atom stereocenters. The summed E-state index contributed by atoms with van der Waals surface area (Å²) >= 11 is 0. The minimum Gasteiger partial charge on any atom is -0.456 e. The molecule has 1 amide bonds. The zero-order chi connectivity index (χ0) is 20.8. The number of ketones is 1. The minimum atomic E-state index is -0.805. The van der Waals surface area contributed by atoms with E-state index < -0.39 is 30.7 Å². The van der Waals surface area contributed by atoms with E-state index in [4.69, 9.17) is 9.15 Å². The van der Waals surface area contributed by atoms with E-state index in [0.717, 1.165) is 4.68 Å². The van der Waals surface area contributed by atoms with Gasteiger partial charge in [-0.3, -0.25) is 14.4 Å². The molecule has 2 aromatic carbocycles. The highest BCUT2D eigenvalue weighted by Gasteiger charge is 2.15. The Morgan fingerprint density at radius 3 is 2.41 bits per heavy atom. The summed E-state index contributed by atoms with van der Waals surface area (Å²) in [6.45, 7) is 0.405. The highest BCUT2D eigenvalue weighted by molar-refractivity contribution is 5.98. The molecule has 0 aliphatic carbocycles. The highest BCUT2D eigenvalue weighted by atomic mass is 16.5. The van der Waals surface area contributed by atoms with Crippen molar-refractivity contribution in [2.45, 2.75) is 13.5 Å². The maximum absolute atomic E-state index is 12.1. The fourth-order valence-electron chi connectivity index (χ4n) is 2.44. The fourth-order valence-corrected chi connectivity index (χ4v) is 2.44. The summed E-state index contributed by atoms with van der Waals surface area (Å²) in [7, 11) is 0. The Bertz CT molecular complexity index is 1080. The van der Waals surface area contributed by atoms with Crippen molar-refractivity contribution >= 4 is 23.3 Å². The summed E-state index contributed by atoms with van der Waals surface area (Å²) < 4.78 is 10.8. The van der Waals surface area contributed by atoms with Gasteiger partial charge in [0.1, 0.15) is 6.54 Å². The molecule has 0 aliphatic heterocycles. The molecule has 0 saturated heterocycles. The summed E-state index contributed by atoms with van der Waals surface area (Å²) in [5, 5.41) is 6.54. The van der Waals surface area contributed by atoms with Crippen LogP contribution in [0, 0.1) is 0 Å². The topological polar surface area (TPSA) is 120 Å².